The largest absolute Gasteiger partial charge is 0.469 e. The van der Waals surface area contributed by atoms with Crippen LogP contribution < -0.4 is 5.73 Å². The number of hydrogen-bond donors (Lipinski definition) is 4. The van der Waals surface area contributed by atoms with Crippen molar-refractivity contribution in [2.75, 3.05) is 12.3 Å². The zero-order chi connectivity index (χ0) is 15.9. The summed E-state index contributed by atoms with van der Waals surface area (Å²) in [5.74, 6) is -0.0852. The van der Waals surface area contributed by atoms with Gasteiger partial charge >= 0.3 is 7.82 Å². The Morgan fingerprint density at radius 1 is 1.36 bits per heavy atom. The molecule has 0 saturated heterocycles. The Balaban J connectivity index is 1.78. The van der Waals surface area contributed by atoms with E-state index in [-0.39, 0.29) is 24.4 Å². The van der Waals surface area contributed by atoms with Gasteiger partial charge in [0.05, 0.1) is 19.0 Å². The number of nitrogen functional groups attached to an aromatic ring is 1. The quantitative estimate of drug-likeness (QED) is 0.559. The summed E-state index contributed by atoms with van der Waals surface area (Å²) in [7, 11) is -4.54. The average molecular weight is 329 g/mol. The molecule has 0 radical (unpaired) electrons. The monoisotopic (exact) mass is 329 g/mol. The standard InChI is InChI=1S/C11H16N5O5P/c12-10-9-11(14-4-13-10)16(5-15-9)7-1-6(8(17)2-7)3-21-22(18,19)20/h4-8,17H,1-3H2,(H2,12,13,14)(H2,18,19,20)/t6-,7-,8+/m1/s1. The Bertz CT molecular complexity index is 731. The summed E-state index contributed by atoms with van der Waals surface area (Å²) in [6, 6.07) is -0.0975. The fraction of sp³-hybridized carbons (Fsp3) is 0.545. The van der Waals surface area contributed by atoms with Gasteiger partial charge in [-0.2, -0.15) is 0 Å². The lowest BCUT2D eigenvalue weighted by atomic mass is 10.1. The van der Waals surface area contributed by atoms with Crippen molar-refractivity contribution in [3.05, 3.63) is 12.7 Å². The number of aliphatic hydroxyl groups is 1. The summed E-state index contributed by atoms with van der Waals surface area (Å²) in [6.45, 7) is -0.203. The van der Waals surface area contributed by atoms with E-state index in [1.807, 2.05) is 0 Å². The number of imidazole rings is 1. The van der Waals surface area contributed by atoms with Crippen molar-refractivity contribution in [1.82, 2.24) is 19.5 Å². The molecule has 0 unspecified atom stereocenters. The lowest BCUT2D eigenvalue weighted by Gasteiger charge is -2.14. The number of nitrogens with two attached hydrogens (primary N) is 1. The summed E-state index contributed by atoms with van der Waals surface area (Å²) in [6.07, 6.45) is 3.13. The molecule has 3 rings (SSSR count). The molecule has 1 fully saturated rings. The van der Waals surface area contributed by atoms with Crippen molar-refractivity contribution in [3.8, 4) is 0 Å². The highest BCUT2D eigenvalue weighted by Gasteiger charge is 2.36. The fourth-order valence-electron chi connectivity index (χ4n) is 2.81. The van der Waals surface area contributed by atoms with Crippen LogP contribution in [-0.2, 0) is 9.09 Å². The second-order valence-corrected chi connectivity index (χ2v) is 6.56. The number of anilines is 1. The molecule has 1 saturated carbocycles. The van der Waals surface area contributed by atoms with Gasteiger partial charge in [-0.1, -0.05) is 0 Å². The number of hydrogen-bond acceptors (Lipinski definition) is 7. The van der Waals surface area contributed by atoms with Gasteiger partial charge in [0.25, 0.3) is 0 Å². The molecule has 22 heavy (non-hydrogen) atoms. The minimum absolute atomic E-state index is 0.0975. The van der Waals surface area contributed by atoms with Gasteiger partial charge in [0, 0.05) is 12.0 Å². The first-order chi connectivity index (χ1) is 10.3. The maximum atomic E-state index is 10.8. The molecule has 2 aromatic rings. The predicted molar refractivity (Wildman–Crippen MR) is 75.5 cm³/mol. The van der Waals surface area contributed by atoms with Crippen LogP contribution in [0.3, 0.4) is 0 Å². The first-order valence-corrected chi connectivity index (χ1v) is 8.19. The molecule has 0 amide bonds. The van der Waals surface area contributed by atoms with Crippen LogP contribution in [0.5, 0.6) is 0 Å². The first-order valence-electron chi connectivity index (χ1n) is 6.66. The molecule has 3 atom stereocenters. The van der Waals surface area contributed by atoms with Crippen LogP contribution in [0.2, 0.25) is 0 Å². The summed E-state index contributed by atoms with van der Waals surface area (Å²) in [5.41, 5.74) is 6.80. The van der Waals surface area contributed by atoms with E-state index in [0.717, 1.165) is 0 Å². The van der Waals surface area contributed by atoms with E-state index in [4.69, 9.17) is 15.5 Å². The van der Waals surface area contributed by atoms with Gasteiger partial charge in [0.15, 0.2) is 11.5 Å². The van der Waals surface area contributed by atoms with E-state index in [1.165, 1.54) is 6.33 Å². The normalized spacial score (nSPS) is 25.9. The Hall–Kier alpha value is -1.58. The highest BCUT2D eigenvalue weighted by Crippen LogP contribution is 2.41. The van der Waals surface area contributed by atoms with Crippen molar-refractivity contribution in [2.24, 2.45) is 5.92 Å². The van der Waals surface area contributed by atoms with E-state index < -0.39 is 13.9 Å². The summed E-state index contributed by atoms with van der Waals surface area (Å²) >= 11 is 0. The van der Waals surface area contributed by atoms with Crippen LogP contribution in [0.15, 0.2) is 12.7 Å². The number of aliphatic hydroxyl groups excluding tert-OH is 1. The molecule has 0 spiro atoms. The molecular formula is C11H16N5O5P. The average Bonchev–Trinajstić information content (AvgIpc) is 3.00. The summed E-state index contributed by atoms with van der Waals surface area (Å²) < 4.78 is 17.1. The molecule has 10 nitrogen and oxygen atoms in total. The van der Waals surface area contributed by atoms with Crippen molar-refractivity contribution in [1.29, 1.82) is 0 Å². The summed E-state index contributed by atoms with van der Waals surface area (Å²) in [4.78, 5) is 29.7. The number of rotatable bonds is 4. The Labute approximate surface area is 125 Å². The molecule has 11 heteroatoms. The van der Waals surface area contributed by atoms with E-state index in [2.05, 4.69) is 19.5 Å². The molecule has 2 aromatic heterocycles. The van der Waals surface area contributed by atoms with Crippen LogP contribution in [0.1, 0.15) is 18.9 Å². The van der Waals surface area contributed by atoms with Gasteiger partial charge < -0.3 is 25.2 Å². The number of nitrogens with zero attached hydrogens (tertiary/aromatic N) is 4. The molecular weight excluding hydrogens is 313 g/mol. The predicted octanol–water partition coefficient (Wildman–Crippen LogP) is -0.170. The number of phosphoric acid groups is 1. The van der Waals surface area contributed by atoms with Gasteiger partial charge in [-0.3, -0.25) is 4.52 Å². The minimum Gasteiger partial charge on any atom is -0.393 e. The molecule has 5 N–H and O–H groups in total. The lowest BCUT2D eigenvalue weighted by Crippen LogP contribution is -2.18. The van der Waals surface area contributed by atoms with Gasteiger partial charge in [-0.05, 0) is 12.8 Å². The second kappa shape index (κ2) is 5.56. The van der Waals surface area contributed by atoms with Crippen LogP contribution >= 0.6 is 7.82 Å². The molecule has 0 bridgehead atoms. The second-order valence-electron chi connectivity index (χ2n) is 5.32. The van der Waals surface area contributed by atoms with Gasteiger partial charge in [-0.25, -0.2) is 19.5 Å². The summed E-state index contributed by atoms with van der Waals surface area (Å²) in [5, 5.41) is 10.1. The highest BCUT2D eigenvalue weighted by atomic mass is 31.2. The fourth-order valence-corrected chi connectivity index (χ4v) is 3.20. The highest BCUT2D eigenvalue weighted by molar-refractivity contribution is 7.46. The Morgan fingerprint density at radius 3 is 2.86 bits per heavy atom. The van der Waals surface area contributed by atoms with E-state index in [0.29, 0.717) is 24.0 Å². The lowest BCUT2D eigenvalue weighted by molar-refractivity contribution is 0.0844. The molecule has 120 valence electrons. The van der Waals surface area contributed by atoms with Crippen molar-refractivity contribution >= 4 is 24.8 Å². The van der Waals surface area contributed by atoms with Gasteiger partial charge in [0.1, 0.15) is 11.8 Å². The van der Waals surface area contributed by atoms with Crippen molar-refractivity contribution in [3.63, 3.8) is 0 Å². The van der Waals surface area contributed by atoms with Crippen LogP contribution in [-0.4, -0.2) is 47.1 Å². The number of phosphoric ester groups is 1. The van der Waals surface area contributed by atoms with Gasteiger partial charge in [0.2, 0.25) is 0 Å². The van der Waals surface area contributed by atoms with Gasteiger partial charge in [-0.15, -0.1) is 0 Å². The van der Waals surface area contributed by atoms with E-state index in [9.17, 15) is 9.67 Å². The molecule has 1 aliphatic carbocycles. The zero-order valence-electron chi connectivity index (χ0n) is 11.5. The Morgan fingerprint density at radius 2 is 2.14 bits per heavy atom. The third-order valence-corrected chi connectivity index (χ3v) is 4.36. The molecule has 0 aromatic carbocycles. The van der Waals surface area contributed by atoms with E-state index in [1.54, 1.807) is 10.9 Å². The zero-order valence-corrected chi connectivity index (χ0v) is 12.4. The number of aromatic nitrogens is 4. The Kier molecular flexibility index (Phi) is 3.87. The van der Waals surface area contributed by atoms with Crippen molar-refractivity contribution < 1.29 is 24.0 Å². The van der Waals surface area contributed by atoms with Crippen LogP contribution in [0.25, 0.3) is 11.2 Å². The maximum Gasteiger partial charge on any atom is 0.469 e. The molecule has 2 heterocycles. The smallest absolute Gasteiger partial charge is 0.393 e. The van der Waals surface area contributed by atoms with Crippen LogP contribution in [0, 0.1) is 5.92 Å². The van der Waals surface area contributed by atoms with Crippen LogP contribution in [0.4, 0.5) is 5.82 Å². The molecule has 0 aliphatic heterocycles. The number of fused-ring (bicyclic) bond motifs is 1. The van der Waals surface area contributed by atoms with Crippen molar-refractivity contribution in [2.45, 2.75) is 25.0 Å². The minimum atomic E-state index is -4.54. The first kappa shape index (κ1) is 15.3. The third-order valence-electron chi connectivity index (χ3n) is 3.87. The maximum absolute atomic E-state index is 10.8. The SMILES string of the molecule is Nc1ncnc2c1ncn2[C@@H]1C[C@H](COP(=O)(O)O)[C@@H](O)C1. The third kappa shape index (κ3) is 2.96. The van der Waals surface area contributed by atoms with E-state index >= 15 is 0 Å². The molecule has 1 aliphatic rings. The topological polar surface area (TPSA) is 157 Å².